The number of anilines is 1. The van der Waals surface area contributed by atoms with E-state index in [1.807, 2.05) is 17.0 Å². The molecule has 2 saturated heterocycles. The van der Waals surface area contributed by atoms with Gasteiger partial charge < -0.3 is 19.9 Å². The summed E-state index contributed by atoms with van der Waals surface area (Å²) in [5.74, 6) is 0. The number of hydrogen-bond donors (Lipinski definition) is 2. The average molecular weight is 325 g/mol. The molecule has 1 aromatic carbocycles. The van der Waals surface area contributed by atoms with Crippen LogP contribution < -0.4 is 10.2 Å². The van der Waals surface area contributed by atoms with Crippen LogP contribution in [-0.2, 0) is 4.74 Å². The number of ether oxygens (including phenoxy) is 1. The van der Waals surface area contributed by atoms with Gasteiger partial charge >= 0.3 is 6.03 Å². The summed E-state index contributed by atoms with van der Waals surface area (Å²) in [4.78, 5) is 15.7. The Labute approximate surface area is 136 Å². The Bertz CT molecular complexity index is 495. The van der Waals surface area contributed by atoms with Crippen molar-refractivity contribution in [3.63, 3.8) is 0 Å². The molecular formula is C16H23ClN3O2+. The Hall–Kier alpha value is -1.30. The first-order valence-corrected chi connectivity index (χ1v) is 8.35. The van der Waals surface area contributed by atoms with Gasteiger partial charge in [-0.2, -0.15) is 0 Å². The van der Waals surface area contributed by atoms with E-state index in [-0.39, 0.29) is 6.03 Å². The molecule has 1 atom stereocenters. The first kappa shape index (κ1) is 15.6. The molecule has 0 unspecified atom stereocenters. The number of nitrogens with zero attached hydrogens (tertiary/aromatic N) is 1. The largest absolute Gasteiger partial charge is 0.372 e. The van der Waals surface area contributed by atoms with Gasteiger partial charge in [-0.05, 0) is 37.1 Å². The zero-order valence-corrected chi connectivity index (χ0v) is 13.4. The molecule has 0 spiro atoms. The third kappa shape index (κ3) is 4.12. The number of carbonyl (C=O) groups is 1. The van der Waals surface area contributed by atoms with Crippen molar-refractivity contribution in [3.05, 3.63) is 29.3 Å². The van der Waals surface area contributed by atoms with E-state index in [1.165, 1.54) is 12.8 Å². The highest BCUT2D eigenvalue weighted by atomic mass is 35.5. The van der Waals surface area contributed by atoms with Crippen LogP contribution in [0.3, 0.4) is 0 Å². The Morgan fingerprint density at radius 1 is 1.32 bits per heavy atom. The van der Waals surface area contributed by atoms with Crippen LogP contribution in [-0.4, -0.2) is 56.4 Å². The lowest BCUT2D eigenvalue weighted by Gasteiger charge is -2.33. The Morgan fingerprint density at radius 3 is 2.68 bits per heavy atom. The van der Waals surface area contributed by atoms with Crippen molar-refractivity contribution in [3.8, 4) is 0 Å². The van der Waals surface area contributed by atoms with Crippen LogP contribution in [0.2, 0.25) is 5.02 Å². The van der Waals surface area contributed by atoms with E-state index in [9.17, 15) is 4.79 Å². The molecule has 0 radical (unpaired) electrons. The van der Waals surface area contributed by atoms with Crippen LogP contribution in [0.4, 0.5) is 10.5 Å². The molecule has 3 rings (SSSR count). The molecule has 6 heteroatoms. The molecule has 2 fully saturated rings. The molecule has 120 valence electrons. The number of amides is 2. The topological polar surface area (TPSA) is 46.0 Å². The van der Waals surface area contributed by atoms with E-state index in [1.54, 1.807) is 17.0 Å². The van der Waals surface area contributed by atoms with Crippen LogP contribution in [0.1, 0.15) is 12.8 Å². The van der Waals surface area contributed by atoms with Gasteiger partial charge in [0, 0.05) is 17.3 Å². The predicted octanol–water partition coefficient (Wildman–Crippen LogP) is 1.25. The van der Waals surface area contributed by atoms with Crippen molar-refractivity contribution in [2.45, 2.75) is 18.9 Å². The van der Waals surface area contributed by atoms with Crippen LogP contribution in [0.15, 0.2) is 24.3 Å². The molecule has 0 saturated carbocycles. The fraction of sp³-hybridized carbons (Fsp3) is 0.562. The molecular weight excluding hydrogens is 302 g/mol. The van der Waals surface area contributed by atoms with Gasteiger partial charge in [-0.25, -0.2) is 4.79 Å². The van der Waals surface area contributed by atoms with Crippen LogP contribution >= 0.6 is 11.6 Å². The highest BCUT2D eigenvalue weighted by Gasteiger charge is 2.27. The van der Waals surface area contributed by atoms with Crippen molar-refractivity contribution < 1.29 is 14.4 Å². The number of rotatable bonds is 3. The normalized spacial score (nSPS) is 22.8. The zero-order chi connectivity index (χ0) is 15.4. The van der Waals surface area contributed by atoms with Gasteiger partial charge in [0.25, 0.3) is 0 Å². The lowest BCUT2D eigenvalue weighted by Crippen LogP contribution is -3.15. The summed E-state index contributed by atoms with van der Waals surface area (Å²) in [5, 5.41) is 3.59. The zero-order valence-electron chi connectivity index (χ0n) is 12.7. The lowest BCUT2D eigenvalue weighted by atomic mass is 10.2. The Balaban J connectivity index is 1.44. The number of urea groups is 1. The smallest absolute Gasteiger partial charge is 0.322 e. The first-order valence-electron chi connectivity index (χ1n) is 7.97. The number of quaternary nitrogens is 1. The fourth-order valence-corrected chi connectivity index (χ4v) is 3.22. The minimum atomic E-state index is -0.0292. The standard InChI is InChI=1S/C16H22ClN3O2/c17-13-3-5-14(6-4-13)18-16(21)20-9-7-19(8-10-20)12-15-2-1-11-22-15/h3-6,15H,1-2,7-12H2,(H,18,21)/p+1/t15-/m1/s1. The number of hydrogen-bond acceptors (Lipinski definition) is 2. The van der Waals surface area contributed by atoms with E-state index < -0.39 is 0 Å². The van der Waals surface area contributed by atoms with Crippen molar-refractivity contribution in [2.75, 3.05) is 44.6 Å². The molecule has 2 amide bonds. The van der Waals surface area contributed by atoms with Gasteiger partial charge in [0.2, 0.25) is 0 Å². The van der Waals surface area contributed by atoms with Gasteiger partial charge in [-0.1, -0.05) is 11.6 Å². The average Bonchev–Trinajstić information content (AvgIpc) is 3.03. The summed E-state index contributed by atoms with van der Waals surface area (Å²) in [6.45, 7) is 5.56. The van der Waals surface area contributed by atoms with Crippen LogP contribution in [0.5, 0.6) is 0 Å². The number of piperazine rings is 1. The second-order valence-corrected chi connectivity index (χ2v) is 6.45. The molecule has 2 aliphatic heterocycles. The molecule has 0 aromatic heterocycles. The lowest BCUT2D eigenvalue weighted by molar-refractivity contribution is -0.906. The molecule has 5 nitrogen and oxygen atoms in total. The van der Waals surface area contributed by atoms with Crippen molar-refractivity contribution >= 4 is 23.3 Å². The maximum atomic E-state index is 12.3. The molecule has 0 bridgehead atoms. The molecule has 2 N–H and O–H groups in total. The molecule has 22 heavy (non-hydrogen) atoms. The van der Waals surface area contributed by atoms with Crippen molar-refractivity contribution in [2.24, 2.45) is 0 Å². The SMILES string of the molecule is O=C(Nc1ccc(Cl)cc1)N1CC[NH+](C[C@H]2CCCO2)CC1. The molecule has 2 heterocycles. The molecule has 2 aliphatic rings. The minimum absolute atomic E-state index is 0.0292. The summed E-state index contributed by atoms with van der Waals surface area (Å²) >= 11 is 5.85. The number of carbonyl (C=O) groups excluding carboxylic acids is 1. The number of nitrogens with one attached hydrogen (secondary N) is 2. The predicted molar refractivity (Wildman–Crippen MR) is 86.6 cm³/mol. The maximum Gasteiger partial charge on any atom is 0.322 e. The van der Waals surface area contributed by atoms with Crippen molar-refractivity contribution in [1.82, 2.24) is 4.90 Å². The summed E-state index contributed by atoms with van der Waals surface area (Å²) in [7, 11) is 0. The van der Waals surface area contributed by atoms with E-state index in [0.29, 0.717) is 11.1 Å². The van der Waals surface area contributed by atoms with Crippen LogP contribution in [0, 0.1) is 0 Å². The van der Waals surface area contributed by atoms with Gasteiger partial charge in [0.15, 0.2) is 0 Å². The van der Waals surface area contributed by atoms with E-state index in [0.717, 1.165) is 45.0 Å². The third-order valence-electron chi connectivity index (χ3n) is 4.39. The number of benzene rings is 1. The summed E-state index contributed by atoms with van der Waals surface area (Å²) < 4.78 is 5.69. The molecule has 1 aromatic rings. The summed E-state index contributed by atoms with van der Waals surface area (Å²) in [6.07, 6.45) is 2.79. The Kier molecular flexibility index (Phi) is 5.18. The van der Waals surface area contributed by atoms with Gasteiger partial charge in [-0.3, -0.25) is 0 Å². The van der Waals surface area contributed by atoms with Gasteiger partial charge in [-0.15, -0.1) is 0 Å². The first-order chi connectivity index (χ1) is 10.7. The highest BCUT2D eigenvalue weighted by molar-refractivity contribution is 6.30. The van der Waals surface area contributed by atoms with Gasteiger partial charge in [0.1, 0.15) is 12.6 Å². The number of halogens is 1. The highest BCUT2D eigenvalue weighted by Crippen LogP contribution is 2.14. The molecule has 0 aliphatic carbocycles. The van der Waals surface area contributed by atoms with E-state index in [4.69, 9.17) is 16.3 Å². The Morgan fingerprint density at radius 2 is 2.05 bits per heavy atom. The second kappa shape index (κ2) is 7.31. The summed E-state index contributed by atoms with van der Waals surface area (Å²) in [5.41, 5.74) is 0.781. The maximum absolute atomic E-state index is 12.3. The van der Waals surface area contributed by atoms with E-state index in [2.05, 4.69) is 5.32 Å². The summed E-state index contributed by atoms with van der Waals surface area (Å²) in [6, 6.07) is 7.17. The fourth-order valence-electron chi connectivity index (χ4n) is 3.09. The van der Waals surface area contributed by atoms with Gasteiger partial charge in [0.05, 0.1) is 26.2 Å². The van der Waals surface area contributed by atoms with Crippen LogP contribution in [0.25, 0.3) is 0 Å². The quantitative estimate of drug-likeness (QED) is 0.879. The minimum Gasteiger partial charge on any atom is -0.372 e. The monoisotopic (exact) mass is 324 g/mol. The van der Waals surface area contributed by atoms with E-state index >= 15 is 0 Å². The van der Waals surface area contributed by atoms with Crippen molar-refractivity contribution in [1.29, 1.82) is 0 Å². The second-order valence-electron chi connectivity index (χ2n) is 6.01. The third-order valence-corrected chi connectivity index (χ3v) is 4.65.